The zero-order chi connectivity index (χ0) is 58.2. The van der Waals surface area contributed by atoms with Crippen LogP contribution in [0.5, 0.6) is 0 Å². The molecule has 23 nitrogen and oxygen atoms in total. The second-order valence-electron chi connectivity index (χ2n) is 19.8. The fourth-order valence-corrected chi connectivity index (χ4v) is 7.96. The number of nitrogens with one attached hydrogen (secondary N) is 4. The molecule has 78 heavy (non-hydrogen) atoms. The fraction of sp³-hybridized carbons (Fsp3) is 0.800. The van der Waals surface area contributed by atoms with Gasteiger partial charge in [0.05, 0.1) is 39.0 Å². The second-order valence-corrected chi connectivity index (χ2v) is 19.8. The van der Waals surface area contributed by atoms with Crippen LogP contribution in [0.2, 0.25) is 0 Å². The molecule has 0 radical (unpaired) electrons. The van der Waals surface area contributed by atoms with Gasteiger partial charge in [-0.2, -0.15) is 0 Å². The highest BCUT2D eigenvalue weighted by Crippen LogP contribution is 2.17. The summed E-state index contributed by atoms with van der Waals surface area (Å²) in [5.41, 5.74) is 0. The quantitative estimate of drug-likeness (QED) is 0.0324. The van der Waals surface area contributed by atoms with Crippen molar-refractivity contribution in [1.82, 2.24) is 21.3 Å². The van der Waals surface area contributed by atoms with Crippen LogP contribution in [0.3, 0.4) is 0 Å². The first-order valence-electron chi connectivity index (χ1n) is 28.2. The molecular weight excluding hydrogens is 1020 g/mol. The van der Waals surface area contributed by atoms with Crippen LogP contribution in [0.4, 0.5) is 0 Å². The molecule has 0 aliphatic carbocycles. The van der Waals surface area contributed by atoms with Gasteiger partial charge in [-0.25, -0.2) is 9.59 Å². The number of rotatable bonds is 56. The first kappa shape index (κ1) is 72.6. The van der Waals surface area contributed by atoms with Crippen molar-refractivity contribution < 1.29 is 95.0 Å². The van der Waals surface area contributed by atoms with E-state index in [9.17, 15) is 68.1 Å². The van der Waals surface area contributed by atoms with Crippen LogP contribution >= 0.6 is 0 Å². The molecule has 1 unspecified atom stereocenters. The van der Waals surface area contributed by atoms with Crippen LogP contribution in [-0.4, -0.2) is 163 Å². The van der Waals surface area contributed by atoms with E-state index >= 15 is 0 Å². The Morgan fingerprint density at radius 2 is 0.872 bits per heavy atom. The minimum absolute atomic E-state index is 0. The van der Waals surface area contributed by atoms with Crippen LogP contribution in [0.25, 0.3) is 0 Å². The molecule has 0 aromatic carbocycles. The lowest BCUT2D eigenvalue weighted by Crippen LogP contribution is -2.42. The number of carboxylic acids is 4. The van der Waals surface area contributed by atoms with Gasteiger partial charge in [-0.1, -0.05) is 90.4 Å². The first-order chi connectivity index (χ1) is 37.3. The normalized spacial score (nSPS) is 12.6. The molecule has 452 valence electrons. The van der Waals surface area contributed by atoms with Gasteiger partial charge in [-0.3, -0.25) is 43.2 Å². The van der Waals surface area contributed by atoms with Gasteiger partial charge >= 0.3 is 23.9 Å². The van der Waals surface area contributed by atoms with E-state index in [0.29, 0.717) is 32.2 Å². The number of carbonyl (C=O) groups is 11. The number of amides is 4. The maximum Gasteiger partial charge on any atom is 0.326 e. The smallest absolute Gasteiger partial charge is 0.326 e. The molecule has 0 aliphatic heterocycles. The third-order valence-corrected chi connectivity index (χ3v) is 12.9. The van der Waals surface area contributed by atoms with Crippen molar-refractivity contribution >= 4 is 64.9 Å². The number of hydrogen-bond donors (Lipinski definition) is 8. The molecule has 0 heterocycles. The highest BCUT2D eigenvalue weighted by atomic mass is 16.5. The Balaban J connectivity index is -0.0000296. The second kappa shape index (κ2) is 48.7. The molecule has 4 amide bonds. The van der Waals surface area contributed by atoms with Crippen molar-refractivity contribution in [3.05, 3.63) is 0 Å². The average Bonchev–Trinajstić information content (AvgIpc) is 3.38. The van der Waals surface area contributed by atoms with Crippen LogP contribution in [0.15, 0.2) is 0 Å². The van der Waals surface area contributed by atoms with Crippen molar-refractivity contribution in [3.8, 4) is 0 Å². The largest absolute Gasteiger partial charge is 0.481 e. The molecule has 0 aliphatic rings. The van der Waals surface area contributed by atoms with Crippen molar-refractivity contribution in [1.29, 1.82) is 0 Å². The summed E-state index contributed by atoms with van der Waals surface area (Å²) in [5, 5.41) is 47.5. The SMILES string of the molecule is CC(=O)C(C)CCCCNC(=O)CC[C@H](CC(=O)CC[C@H](NC(=O)COCCOCCCC(=O)COCCOCCNC(=O)CC[C@H](NC(=O)CCCCCCCCCCCCCCCCC(=O)O)C(=O)O)C(=O)O)C(=O)O.[HH].[HH]. The van der Waals surface area contributed by atoms with Gasteiger partial charge in [0.1, 0.15) is 36.9 Å². The Morgan fingerprint density at radius 1 is 0.397 bits per heavy atom. The van der Waals surface area contributed by atoms with E-state index in [1.165, 1.54) is 39.0 Å². The monoisotopic (exact) mass is 1120 g/mol. The lowest BCUT2D eigenvalue weighted by molar-refractivity contribution is -0.145. The third-order valence-electron chi connectivity index (χ3n) is 12.9. The lowest BCUT2D eigenvalue weighted by atomic mass is 9.94. The summed E-state index contributed by atoms with van der Waals surface area (Å²) in [4.78, 5) is 131. The zero-order valence-electron chi connectivity index (χ0n) is 46.6. The summed E-state index contributed by atoms with van der Waals surface area (Å²) < 4.78 is 21.4. The maximum atomic E-state index is 12.6. The molecule has 0 saturated heterocycles. The van der Waals surface area contributed by atoms with Gasteiger partial charge in [0.2, 0.25) is 23.6 Å². The van der Waals surface area contributed by atoms with Crippen LogP contribution in [-0.2, 0) is 71.7 Å². The number of Topliss-reactive ketones (excluding diaryl/α,β-unsaturated/α-hetero) is 3. The minimum atomic E-state index is -1.42. The van der Waals surface area contributed by atoms with Crippen molar-refractivity contribution in [2.75, 3.05) is 65.9 Å². The third kappa shape index (κ3) is 45.6. The lowest BCUT2D eigenvalue weighted by Gasteiger charge is -2.15. The highest BCUT2D eigenvalue weighted by Gasteiger charge is 2.26. The average molecular weight is 1120 g/mol. The Hall–Kier alpha value is -5.39. The molecule has 0 fully saturated rings. The summed E-state index contributed by atoms with van der Waals surface area (Å²) in [6, 6.07) is -2.60. The van der Waals surface area contributed by atoms with E-state index in [2.05, 4.69) is 21.3 Å². The van der Waals surface area contributed by atoms with Gasteiger partial charge in [-0.05, 0) is 58.3 Å². The van der Waals surface area contributed by atoms with Gasteiger partial charge in [0.15, 0.2) is 5.78 Å². The standard InChI is InChI=1S/C55H94N4O19.2H2/c1-41(42(2)60)20-17-18-30-56-48(63)28-24-43(53(69)70)38-44(61)25-26-46(54(71)72)59-51(66)40-78-37-34-75-32-19-21-45(62)39-77-36-35-76-33-31-57-49(64)29-27-47(55(73)74)58-50(65)22-15-13-11-9-7-5-3-4-6-8-10-12-14-16-23-52(67)68;;/h41,43,46-47H,3-40H2,1-2H3,(H,56,63)(H,57,64)(H,58,65)(H,59,66)(H,67,68)(H,69,70)(H,71,72)(H,73,74);2*1H/t41?,43-,46+,47+;;/m1../s1. The molecule has 4 atom stereocenters. The number of carbonyl (C=O) groups excluding carboxylic acids is 7. The predicted molar refractivity (Wildman–Crippen MR) is 291 cm³/mol. The maximum absolute atomic E-state index is 12.6. The van der Waals surface area contributed by atoms with E-state index in [1.54, 1.807) is 0 Å². The fourth-order valence-electron chi connectivity index (χ4n) is 7.96. The number of hydrogen-bond acceptors (Lipinski definition) is 15. The summed E-state index contributed by atoms with van der Waals surface area (Å²) in [7, 11) is 0. The van der Waals surface area contributed by atoms with Crippen LogP contribution in [0, 0.1) is 11.8 Å². The number of aliphatic carboxylic acids is 4. The summed E-state index contributed by atoms with van der Waals surface area (Å²) in [6.07, 6.45) is 16.7. The van der Waals surface area contributed by atoms with Gasteiger partial charge in [0.25, 0.3) is 0 Å². The molecule has 23 heteroatoms. The molecule has 0 saturated carbocycles. The summed E-state index contributed by atoms with van der Waals surface area (Å²) in [6.45, 7) is 4.08. The topological polar surface area (TPSA) is 354 Å². The summed E-state index contributed by atoms with van der Waals surface area (Å²) >= 11 is 0. The number of ether oxygens (including phenoxy) is 4. The first-order valence-corrected chi connectivity index (χ1v) is 28.2. The molecular formula is C55H98N4O19. The molecule has 0 aromatic rings. The van der Waals surface area contributed by atoms with Crippen LogP contribution < -0.4 is 21.3 Å². The van der Waals surface area contributed by atoms with Crippen molar-refractivity contribution in [2.24, 2.45) is 11.8 Å². The Labute approximate surface area is 463 Å². The number of unbranched alkanes of at least 4 members (excludes halogenated alkanes) is 14. The van der Waals surface area contributed by atoms with Gasteiger partial charge < -0.3 is 60.6 Å². The zero-order valence-corrected chi connectivity index (χ0v) is 46.6. The van der Waals surface area contributed by atoms with Crippen molar-refractivity contribution in [3.63, 3.8) is 0 Å². The van der Waals surface area contributed by atoms with Gasteiger partial charge in [-0.15, -0.1) is 0 Å². The van der Waals surface area contributed by atoms with Gasteiger partial charge in [0, 0.05) is 73.4 Å². The van der Waals surface area contributed by atoms with Crippen molar-refractivity contribution in [2.45, 2.75) is 206 Å². The Bertz CT molecular complexity index is 1780. The Morgan fingerprint density at radius 3 is 1.41 bits per heavy atom. The summed E-state index contributed by atoms with van der Waals surface area (Å²) in [5.74, 6) is -8.21. The van der Waals surface area contributed by atoms with E-state index in [0.717, 1.165) is 57.8 Å². The molecule has 0 bridgehead atoms. The Kier molecular flexibility index (Phi) is 45.3. The highest BCUT2D eigenvalue weighted by molar-refractivity contribution is 5.87. The van der Waals surface area contributed by atoms with E-state index in [1.807, 2.05) is 6.92 Å². The number of ketones is 3. The molecule has 0 rings (SSSR count). The van der Waals surface area contributed by atoms with E-state index in [4.69, 9.17) is 24.1 Å². The number of carboxylic acid groups (broad SMARTS) is 4. The van der Waals surface area contributed by atoms with E-state index < -0.39 is 66.6 Å². The molecule has 0 spiro atoms. The predicted octanol–water partition coefficient (Wildman–Crippen LogP) is 5.99. The molecule has 0 aromatic heterocycles. The van der Waals surface area contributed by atoms with Crippen LogP contribution in [0.1, 0.15) is 196 Å². The minimum Gasteiger partial charge on any atom is -0.481 e. The molecule has 8 N–H and O–H groups in total. The van der Waals surface area contributed by atoms with E-state index in [-0.39, 0.29) is 149 Å².